The van der Waals surface area contributed by atoms with Gasteiger partial charge in [0.2, 0.25) is 0 Å². The quantitative estimate of drug-likeness (QED) is 0.769. The van der Waals surface area contributed by atoms with E-state index in [4.69, 9.17) is 0 Å². The zero-order valence-corrected chi connectivity index (χ0v) is 11.9. The van der Waals surface area contributed by atoms with Gasteiger partial charge in [-0.05, 0) is 31.2 Å². The molecule has 2 unspecified atom stereocenters. The molecule has 0 aliphatic rings. The summed E-state index contributed by atoms with van der Waals surface area (Å²) in [7, 11) is 2.03. The fraction of sp³-hybridized carbons (Fsp3) is 0.750. The lowest BCUT2D eigenvalue weighted by atomic mass is 9.89. The molecule has 0 saturated heterocycles. The average molecular weight is 273 g/mol. The van der Waals surface area contributed by atoms with E-state index < -0.39 is 0 Å². The van der Waals surface area contributed by atoms with Crippen LogP contribution in [0.15, 0.2) is 6.07 Å². The second-order valence-electron chi connectivity index (χ2n) is 4.69. The van der Waals surface area contributed by atoms with Crippen molar-refractivity contribution >= 4 is 15.9 Å². The van der Waals surface area contributed by atoms with E-state index in [9.17, 15) is 0 Å². The van der Waals surface area contributed by atoms with Gasteiger partial charge in [0.25, 0.3) is 0 Å². The number of aryl methyl sites for hydroxylation is 2. The van der Waals surface area contributed by atoms with Crippen LogP contribution in [0.1, 0.15) is 32.2 Å². The maximum absolute atomic E-state index is 4.38. The van der Waals surface area contributed by atoms with E-state index in [1.165, 1.54) is 5.69 Å². The van der Waals surface area contributed by atoms with E-state index in [-0.39, 0.29) is 0 Å². The Balaban J connectivity index is 2.78. The highest BCUT2D eigenvalue weighted by Gasteiger charge is 2.20. The summed E-state index contributed by atoms with van der Waals surface area (Å²) >= 11 is 3.70. The molecule has 0 radical (unpaired) electrons. The molecule has 2 atom stereocenters. The molecule has 0 aliphatic carbocycles. The number of rotatable bonds is 4. The highest BCUT2D eigenvalue weighted by atomic mass is 79.9. The second-order valence-corrected chi connectivity index (χ2v) is 6.13. The third kappa shape index (κ3) is 3.33. The first-order valence-electron chi connectivity index (χ1n) is 5.55. The summed E-state index contributed by atoms with van der Waals surface area (Å²) in [6.45, 7) is 8.84. The zero-order chi connectivity index (χ0) is 11.6. The Morgan fingerprint density at radius 1 is 1.40 bits per heavy atom. The van der Waals surface area contributed by atoms with Gasteiger partial charge in [0, 0.05) is 17.6 Å². The molecule has 0 aromatic carbocycles. The smallest absolute Gasteiger partial charge is 0.0596 e. The molecule has 15 heavy (non-hydrogen) atoms. The molecule has 0 bridgehead atoms. The lowest BCUT2D eigenvalue weighted by Crippen LogP contribution is -2.21. The summed E-state index contributed by atoms with van der Waals surface area (Å²) in [6, 6.07) is 2.19. The van der Waals surface area contributed by atoms with Gasteiger partial charge in [0.15, 0.2) is 0 Å². The summed E-state index contributed by atoms with van der Waals surface area (Å²) in [6.07, 6.45) is 1.10. The SMILES string of the molecule is Cc1cc(CC(C(C)C)C(C)Br)n(C)n1. The Bertz CT molecular complexity index is 307. The molecule has 1 rings (SSSR count). The molecule has 0 fully saturated rings. The maximum Gasteiger partial charge on any atom is 0.0596 e. The van der Waals surface area contributed by atoms with Gasteiger partial charge in [-0.1, -0.05) is 36.7 Å². The topological polar surface area (TPSA) is 17.8 Å². The second kappa shape index (κ2) is 5.15. The summed E-state index contributed by atoms with van der Waals surface area (Å²) in [5.41, 5.74) is 2.44. The van der Waals surface area contributed by atoms with Crippen LogP contribution in [0.4, 0.5) is 0 Å². The summed E-state index contributed by atoms with van der Waals surface area (Å²) in [5.74, 6) is 1.36. The minimum Gasteiger partial charge on any atom is -0.272 e. The molecule has 0 spiro atoms. The van der Waals surface area contributed by atoms with Gasteiger partial charge < -0.3 is 0 Å². The lowest BCUT2D eigenvalue weighted by Gasteiger charge is -2.23. The van der Waals surface area contributed by atoms with Crippen LogP contribution in [-0.2, 0) is 13.5 Å². The van der Waals surface area contributed by atoms with Gasteiger partial charge in [0.1, 0.15) is 0 Å². The standard InChI is InChI=1S/C12H21BrN2/c1-8(2)12(10(4)13)7-11-6-9(3)14-15(11)5/h6,8,10,12H,7H2,1-5H3. The van der Waals surface area contributed by atoms with Crippen molar-refractivity contribution in [2.75, 3.05) is 0 Å². The first kappa shape index (κ1) is 12.8. The predicted molar refractivity (Wildman–Crippen MR) is 68.4 cm³/mol. The minimum absolute atomic E-state index is 0.549. The average Bonchev–Trinajstić information content (AvgIpc) is 2.39. The number of hydrogen-bond donors (Lipinski definition) is 0. The number of aromatic nitrogens is 2. The van der Waals surface area contributed by atoms with Crippen LogP contribution >= 0.6 is 15.9 Å². The highest BCUT2D eigenvalue weighted by Crippen LogP contribution is 2.25. The largest absolute Gasteiger partial charge is 0.272 e. The van der Waals surface area contributed by atoms with Crippen LogP contribution in [0.5, 0.6) is 0 Å². The molecule has 0 saturated carbocycles. The number of alkyl halides is 1. The van der Waals surface area contributed by atoms with Crippen molar-refractivity contribution in [3.63, 3.8) is 0 Å². The van der Waals surface area contributed by atoms with Crippen LogP contribution in [0, 0.1) is 18.8 Å². The molecule has 0 amide bonds. The molecule has 0 aliphatic heterocycles. The first-order chi connectivity index (χ1) is 6.91. The third-order valence-electron chi connectivity index (χ3n) is 2.99. The van der Waals surface area contributed by atoms with E-state index in [0.29, 0.717) is 16.7 Å². The highest BCUT2D eigenvalue weighted by molar-refractivity contribution is 9.09. The molecular formula is C12H21BrN2. The van der Waals surface area contributed by atoms with E-state index >= 15 is 0 Å². The molecule has 3 heteroatoms. The number of hydrogen-bond acceptors (Lipinski definition) is 1. The Labute approximate surface area is 101 Å². The van der Waals surface area contributed by atoms with E-state index in [0.717, 1.165) is 12.1 Å². The Kier molecular flexibility index (Phi) is 4.38. The minimum atomic E-state index is 0.549. The van der Waals surface area contributed by atoms with Crippen molar-refractivity contribution in [1.29, 1.82) is 0 Å². The van der Waals surface area contributed by atoms with Crippen LogP contribution in [0.25, 0.3) is 0 Å². The van der Waals surface area contributed by atoms with Gasteiger partial charge in [0.05, 0.1) is 5.69 Å². The van der Waals surface area contributed by atoms with E-state index in [2.05, 4.69) is 47.9 Å². The summed E-state index contributed by atoms with van der Waals surface area (Å²) in [5, 5.41) is 4.38. The maximum atomic E-state index is 4.38. The van der Waals surface area contributed by atoms with E-state index in [1.807, 2.05) is 18.7 Å². The molecule has 86 valence electrons. The van der Waals surface area contributed by atoms with Crippen LogP contribution in [-0.4, -0.2) is 14.6 Å². The normalized spacial score (nSPS) is 15.7. The van der Waals surface area contributed by atoms with Gasteiger partial charge in [-0.3, -0.25) is 4.68 Å². The van der Waals surface area contributed by atoms with Crippen molar-refractivity contribution in [1.82, 2.24) is 9.78 Å². The van der Waals surface area contributed by atoms with Crippen LogP contribution < -0.4 is 0 Å². The lowest BCUT2D eigenvalue weighted by molar-refractivity contribution is 0.375. The van der Waals surface area contributed by atoms with Gasteiger partial charge >= 0.3 is 0 Å². The first-order valence-corrected chi connectivity index (χ1v) is 6.47. The fourth-order valence-electron chi connectivity index (χ4n) is 2.03. The van der Waals surface area contributed by atoms with Crippen LogP contribution in [0.3, 0.4) is 0 Å². The molecular weight excluding hydrogens is 252 g/mol. The summed E-state index contributed by atoms with van der Waals surface area (Å²) in [4.78, 5) is 0.549. The monoisotopic (exact) mass is 272 g/mol. The zero-order valence-electron chi connectivity index (χ0n) is 10.3. The molecule has 1 aromatic rings. The van der Waals surface area contributed by atoms with Crippen molar-refractivity contribution in [3.8, 4) is 0 Å². The van der Waals surface area contributed by atoms with Crippen molar-refractivity contribution < 1.29 is 0 Å². The predicted octanol–water partition coefficient (Wildman–Crippen LogP) is 3.33. The number of nitrogens with zero attached hydrogens (tertiary/aromatic N) is 2. The molecule has 1 heterocycles. The van der Waals surface area contributed by atoms with Gasteiger partial charge in [-0.25, -0.2) is 0 Å². The van der Waals surface area contributed by atoms with Gasteiger partial charge in [-0.15, -0.1) is 0 Å². The van der Waals surface area contributed by atoms with Crippen LogP contribution in [0.2, 0.25) is 0 Å². The van der Waals surface area contributed by atoms with Gasteiger partial charge in [-0.2, -0.15) is 5.10 Å². The Morgan fingerprint density at radius 3 is 2.33 bits per heavy atom. The van der Waals surface area contributed by atoms with E-state index in [1.54, 1.807) is 0 Å². The molecule has 1 aromatic heterocycles. The van der Waals surface area contributed by atoms with Crippen molar-refractivity contribution in [2.24, 2.45) is 18.9 Å². The Morgan fingerprint density at radius 2 is 2.00 bits per heavy atom. The molecule has 2 nitrogen and oxygen atoms in total. The fourth-order valence-corrected chi connectivity index (χ4v) is 2.82. The van der Waals surface area contributed by atoms with Crippen molar-refractivity contribution in [2.45, 2.75) is 38.9 Å². The summed E-state index contributed by atoms with van der Waals surface area (Å²) < 4.78 is 2.00. The Hall–Kier alpha value is -0.310. The van der Waals surface area contributed by atoms with Crippen molar-refractivity contribution in [3.05, 3.63) is 17.5 Å². The third-order valence-corrected chi connectivity index (χ3v) is 3.67. The number of halogens is 1. The molecule has 0 N–H and O–H groups in total.